The van der Waals surface area contributed by atoms with Gasteiger partial charge < -0.3 is 14.8 Å². The molecule has 1 atom stereocenters. The Morgan fingerprint density at radius 2 is 1.67 bits per heavy atom. The van der Waals surface area contributed by atoms with Crippen molar-refractivity contribution in [1.82, 2.24) is 5.32 Å². The molecule has 2 rings (SSSR count). The lowest BCUT2D eigenvalue weighted by molar-refractivity contribution is -0.143. The van der Waals surface area contributed by atoms with Crippen molar-refractivity contribution in [1.29, 1.82) is 0 Å². The fourth-order valence-corrected chi connectivity index (χ4v) is 2.37. The molecular weight excluding hydrogens is 384 g/mol. The zero-order valence-electron chi connectivity index (χ0n) is 13.7. The average molecular weight is 399 g/mol. The van der Waals surface area contributed by atoms with E-state index in [1.54, 1.807) is 0 Å². The Bertz CT molecular complexity index is 663. The van der Waals surface area contributed by atoms with E-state index in [0.29, 0.717) is 6.61 Å². The van der Waals surface area contributed by atoms with Crippen LogP contribution in [-0.2, 0) is 26.6 Å². The maximum absolute atomic E-state index is 12.8. The number of alkyl halides is 6. The molecule has 1 amide bonds. The summed E-state index contributed by atoms with van der Waals surface area (Å²) < 4.78 is 86.4. The average Bonchev–Trinajstić information content (AvgIpc) is 3.09. The van der Waals surface area contributed by atoms with Crippen molar-refractivity contribution in [2.75, 3.05) is 19.8 Å². The van der Waals surface area contributed by atoms with Crippen LogP contribution in [0.2, 0.25) is 0 Å². The molecule has 1 aliphatic rings. The summed E-state index contributed by atoms with van der Waals surface area (Å²) in [5.74, 6) is -2.22. The Labute approximate surface area is 149 Å². The normalized spacial score (nSPS) is 17.6. The number of carbonyl (C=O) groups excluding carboxylic acids is 2. The van der Waals surface area contributed by atoms with Gasteiger partial charge in [-0.1, -0.05) is 0 Å². The molecule has 1 aliphatic heterocycles. The van der Waals surface area contributed by atoms with Gasteiger partial charge in [-0.15, -0.1) is 0 Å². The van der Waals surface area contributed by atoms with Gasteiger partial charge in [-0.25, -0.2) is 4.79 Å². The molecule has 1 aromatic carbocycles. The van der Waals surface area contributed by atoms with E-state index in [4.69, 9.17) is 4.74 Å². The van der Waals surface area contributed by atoms with Crippen LogP contribution >= 0.6 is 0 Å². The second-order valence-corrected chi connectivity index (χ2v) is 5.81. The third-order valence-electron chi connectivity index (χ3n) is 3.71. The van der Waals surface area contributed by atoms with Gasteiger partial charge in [-0.05, 0) is 31.0 Å². The highest BCUT2D eigenvalue weighted by molar-refractivity contribution is 5.91. The van der Waals surface area contributed by atoms with Gasteiger partial charge in [0.25, 0.3) is 5.91 Å². The molecule has 1 saturated heterocycles. The van der Waals surface area contributed by atoms with Crippen molar-refractivity contribution >= 4 is 11.9 Å². The van der Waals surface area contributed by atoms with Crippen LogP contribution in [-0.4, -0.2) is 37.7 Å². The predicted octanol–water partition coefficient (Wildman–Crippen LogP) is 3.18. The summed E-state index contributed by atoms with van der Waals surface area (Å²) in [5, 5.41) is 2.40. The molecule has 11 heteroatoms. The molecule has 150 valence electrons. The number of esters is 1. The van der Waals surface area contributed by atoms with E-state index in [1.165, 1.54) is 0 Å². The Morgan fingerprint density at radius 3 is 2.15 bits per heavy atom. The minimum atomic E-state index is -5.09. The maximum atomic E-state index is 12.8. The number of nitrogens with one attached hydrogen (secondary N) is 1. The van der Waals surface area contributed by atoms with Crippen molar-refractivity contribution < 1.29 is 45.4 Å². The Balaban J connectivity index is 2.02. The number of hydrogen-bond acceptors (Lipinski definition) is 4. The zero-order chi connectivity index (χ0) is 20.2. The first-order valence-corrected chi connectivity index (χ1v) is 7.81. The van der Waals surface area contributed by atoms with Crippen molar-refractivity contribution in [2.45, 2.75) is 31.3 Å². The summed E-state index contributed by atoms with van der Waals surface area (Å²) in [6.45, 7) is -0.117. The summed E-state index contributed by atoms with van der Waals surface area (Å²) in [5.41, 5.74) is -4.25. The first kappa shape index (κ1) is 21.0. The molecule has 0 spiro atoms. The summed E-state index contributed by atoms with van der Waals surface area (Å²) in [6, 6.07) is 0.370. The van der Waals surface area contributed by atoms with Crippen LogP contribution in [0.3, 0.4) is 0 Å². The number of amides is 1. The first-order chi connectivity index (χ1) is 12.5. The summed E-state index contributed by atoms with van der Waals surface area (Å²) in [7, 11) is 0. The molecule has 1 N–H and O–H groups in total. The minimum Gasteiger partial charge on any atom is -0.452 e. The number of carbonyl (C=O) groups is 2. The molecule has 0 unspecified atom stereocenters. The second-order valence-electron chi connectivity index (χ2n) is 5.81. The van der Waals surface area contributed by atoms with Crippen LogP contribution in [0.1, 0.15) is 34.3 Å². The van der Waals surface area contributed by atoms with Gasteiger partial charge in [0.15, 0.2) is 6.61 Å². The number of benzene rings is 1. The van der Waals surface area contributed by atoms with E-state index in [9.17, 15) is 35.9 Å². The molecule has 1 fully saturated rings. The van der Waals surface area contributed by atoms with Crippen LogP contribution in [0.25, 0.3) is 0 Å². The second kappa shape index (κ2) is 8.15. The van der Waals surface area contributed by atoms with E-state index in [1.807, 2.05) is 0 Å². The molecule has 0 aliphatic carbocycles. The number of ether oxygens (including phenoxy) is 2. The lowest BCUT2D eigenvalue weighted by Gasteiger charge is -2.14. The molecule has 0 aromatic heterocycles. The molecule has 0 radical (unpaired) electrons. The van der Waals surface area contributed by atoms with E-state index in [2.05, 4.69) is 10.1 Å². The van der Waals surface area contributed by atoms with E-state index >= 15 is 0 Å². The predicted molar refractivity (Wildman–Crippen MR) is 78.7 cm³/mol. The smallest absolute Gasteiger partial charge is 0.416 e. The lowest BCUT2D eigenvalue weighted by Crippen LogP contribution is -2.34. The minimum absolute atomic E-state index is 0.106. The number of rotatable bonds is 5. The van der Waals surface area contributed by atoms with Gasteiger partial charge in [-0.3, -0.25) is 4.79 Å². The monoisotopic (exact) mass is 399 g/mol. The van der Waals surface area contributed by atoms with E-state index < -0.39 is 47.5 Å². The lowest BCUT2D eigenvalue weighted by atomic mass is 10.0. The topological polar surface area (TPSA) is 64.6 Å². The van der Waals surface area contributed by atoms with Gasteiger partial charge in [0.2, 0.25) is 0 Å². The largest absolute Gasteiger partial charge is 0.452 e. The highest BCUT2D eigenvalue weighted by Gasteiger charge is 2.37. The van der Waals surface area contributed by atoms with Gasteiger partial charge in [0.1, 0.15) is 0 Å². The van der Waals surface area contributed by atoms with E-state index in [0.717, 1.165) is 12.8 Å². The summed E-state index contributed by atoms with van der Waals surface area (Å²) in [6.07, 6.45) is -8.77. The molecule has 5 nitrogen and oxygen atoms in total. The molecule has 0 bridgehead atoms. The van der Waals surface area contributed by atoms with Gasteiger partial charge in [-0.2, -0.15) is 26.3 Å². The molecule has 0 saturated carbocycles. The van der Waals surface area contributed by atoms with Crippen molar-refractivity contribution in [2.24, 2.45) is 0 Å². The quantitative estimate of drug-likeness (QED) is 0.610. The molecular formula is C16H15F6NO4. The van der Waals surface area contributed by atoms with Crippen molar-refractivity contribution in [3.05, 3.63) is 34.9 Å². The molecule has 1 heterocycles. The van der Waals surface area contributed by atoms with Crippen molar-refractivity contribution in [3.8, 4) is 0 Å². The number of halogens is 6. The fourth-order valence-electron chi connectivity index (χ4n) is 2.37. The van der Waals surface area contributed by atoms with Crippen LogP contribution in [0.5, 0.6) is 0 Å². The fraction of sp³-hybridized carbons (Fsp3) is 0.500. The molecule has 1 aromatic rings. The van der Waals surface area contributed by atoms with Crippen LogP contribution in [0.15, 0.2) is 18.2 Å². The van der Waals surface area contributed by atoms with Crippen molar-refractivity contribution in [3.63, 3.8) is 0 Å². The van der Waals surface area contributed by atoms with E-state index in [-0.39, 0.29) is 30.8 Å². The van der Waals surface area contributed by atoms with Gasteiger partial charge in [0.05, 0.1) is 22.8 Å². The van der Waals surface area contributed by atoms with Gasteiger partial charge in [0, 0.05) is 13.2 Å². The Hall–Kier alpha value is -2.30. The zero-order valence-corrected chi connectivity index (χ0v) is 13.7. The van der Waals surface area contributed by atoms with Crippen LogP contribution < -0.4 is 5.32 Å². The summed E-state index contributed by atoms with van der Waals surface area (Å²) >= 11 is 0. The third kappa shape index (κ3) is 6.12. The summed E-state index contributed by atoms with van der Waals surface area (Å²) in [4.78, 5) is 23.4. The number of hydrogen-bond donors (Lipinski definition) is 1. The Morgan fingerprint density at radius 1 is 1.07 bits per heavy atom. The van der Waals surface area contributed by atoms with Gasteiger partial charge >= 0.3 is 18.3 Å². The third-order valence-corrected chi connectivity index (χ3v) is 3.71. The molecule has 27 heavy (non-hydrogen) atoms. The standard InChI is InChI=1S/C16H15F6NO4/c17-15(18,19)10-4-9(5-11(6-10)16(20,21)22)14(25)27-8-13(24)23-7-12-2-1-3-26-12/h4-6,12H,1-3,7-8H2,(H,23,24)/t12-/m0/s1. The maximum Gasteiger partial charge on any atom is 0.416 e. The van der Waals surface area contributed by atoms with Crippen LogP contribution in [0, 0.1) is 0 Å². The first-order valence-electron chi connectivity index (χ1n) is 7.81. The Kier molecular flexibility index (Phi) is 6.34. The highest BCUT2D eigenvalue weighted by atomic mass is 19.4. The SMILES string of the molecule is O=C(COC(=O)c1cc(C(F)(F)F)cc(C(F)(F)F)c1)NC[C@@H]1CCCO1. The highest BCUT2D eigenvalue weighted by Crippen LogP contribution is 2.36. The van der Waals surface area contributed by atoms with Crippen LogP contribution in [0.4, 0.5) is 26.3 Å².